The molecule has 0 saturated heterocycles. The maximum absolute atomic E-state index is 12.6. The van der Waals surface area contributed by atoms with E-state index < -0.39 is 0 Å². The normalized spacial score (nSPS) is 11.3. The SMILES string of the molecule is Cc1sc2nc(SCc3nnc(-c4ccccc4)o3)n(C)c(=O)c2c1C. The van der Waals surface area contributed by atoms with E-state index in [4.69, 9.17) is 4.42 Å². The molecule has 0 spiro atoms. The number of nitrogens with zero attached hydrogens (tertiary/aromatic N) is 4. The summed E-state index contributed by atoms with van der Waals surface area (Å²) in [7, 11) is 1.74. The van der Waals surface area contributed by atoms with E-state index in [2.05, 4.69) is 15.2 Å². The van der Waals surface area contributed by atoms with Crippen LogP contribution in [0.5, 0.6) is 0 Å². The molecule has 1 aromatic carbocycles. The van der Waals surface area contributed by atoms with Crippen molar-refractivity contribution in [2.24, 2.45) is 7.05 Å². The quantitative estimate of drug-likeness (QED) is 0.392. The Balaban J connectivity index is 1.60. The molecule has 0 aliphatic carbocycles. The third-order valence-corrected chi connectivity index (χ3v) is 6.30. The Hall–Kier alpha value is -2.45. The van der Waals surface area contributed by atoms with E-state index in [1.165, 1.54) is 11.8 Å². The van der Waals surface area contributed by atoms with Crippen molar-refractivity contribution in [1.82, 2.24) is 19.7 Å². The zero-order valence-corrected chi connectivity index (χ0v) is 16.1. The Morgan fingerprint density at radius 1 is 1.19 bits per heavy atom. The van der Waals surface area contributed by atoms with Crippen LogP contribution in [0, 0.1) is 13.8 Å². The third-order valence-electron chi connectivity index (χ3n) is 4.18. The fraction of sp³-hybridized carbons (Fsp3) is 0.222. The van der Waals surface area contributed by atoms with Crippen LogP contribution in [0.15, 0.2) is 44.7 Å². The molecule has 0 amide bonds. The molecule has 8 heteroatoms. The highest BCUT2D eigenvalue weighted by Gasteiger charge is 2.16. The van der Waals surface area contributed by atoms with Crippen molar-refractivity contribution in [1.29, 1.82) is 0 Å². The number of thioether (sulfide) groups is 1. The van der Waals surface area contributed by atoms with E-state index in [1.807, 2.05) is 44.2 Å². The number of rotatable bonds is 4. The van der Waals surface area contributed by atoms with Crippen LogP contribution in [0.25, 0.3) is 21.7 Å². The summed E-state index contributed by atoms with van der Waals surface area (Å²) in [5.41, 5.74) is 1.88. The van der Waals surface area contributed by atoms with Crippen LogP contribution in [0.2, 0.25) is 0 Å². The first-order chi connectivity index (χ1) is 12.5. The van der Waals surface area contributed by atoms with Crippen molar-refractivity contribution < 1.29 is 4.42 Å². The summed E-state index contributed by atoms with van der Waals surface area (Å²) in [6, 6.07) is 9.63. The van der Waals surface area contributed by atoms with Gasteiger partial charge in [0.25, 0.3) is 5.56 Å². The highest BCUT2D eigenvalue weighted by molar-refractivity contribution is 7.98. The smallest absolute Gasteiger partial charge is 0.262 e. The first-order valence-corrected chi connectivity index (χ1v) is 9.82. The molecule has 4 aromatic rings. The molecule has 0 saturated carbocycles. The van der Waals surface area contributed by atoms with Gasteiger partial charge in [0.1, 0.15) is 4.83 Å². The second-order valence-electron chi connectivity index (χ2n) is 5.88. The van der Waals surface area contributed by atoms with Gasteiger partial charge in [0.15, 0.2) is 5.16 Å². The molecule has 0 unspecified atom stereocenters. The van der Waals surface area contributed by atoms with Crippen LogP contribution >= 0.6 is 23.1 Å². The lowest BCUT2D eigenvalue weighted by Crippen LogP contribution is -2.19. The summed E-state index contributed by atoms with van der Waals surface area (Å²) in [4.78, 5) is 19.2. The van der Waals surface area contributed by atoms with Gasteiger partial charge in [-0.1, -0.05) is 30.0 Å². The Morgan fingerprint density at radius 2 is 1.96 bits per heavy atom. The Bertz CT molecular complexity index is 1150. The van der Waals surface area contributed by atoms with Gasteiger partial charge in [-0.2, -0.15) is 0 Å². The number of fused-ring (bicyclic) bond motifs is 1. The number of hydrogen-bond acceptors (Lipinski definition) is 7. The zero-order valence-electron chi connectivity index (χ0n) is 14.5. The summed E-state index contributed by atoms with van der Waals surface area (Å²) >= 11 is 2.96. The minimum absolute atomic E-state index is 0.0187. The van der Waals surface area contributed by atoms with Gasteiger partial charge in [-0.3, -0.25) is 9.36 Å². The molecular formula is C18H16N4O2S2. The molecule has 132 valence electrons. The monoisotopic (exact) mass is 384 g/mol. The molecule has 6 nitrogen and oxygen atoms in total. The zero-order chi connectivity index (χ0) is 18.3. The summed E-state index contributed by atoms with van der Waals surface area (Å²) in [6.07, 6.45) is 0. The molecule has 3 heterocycles. The highest BCUT2D eigenvalue weighted by atomic mass is 32.2. The Labute approximate surface area is 157 Å². The molecule has 0 bridgehead atoms. The Morgan fingerprint density at radius 3 is 2.73 bits per heavy atom. The van der Waals surface area contributed by atoms with Crippen LogP contribution in [0.3, 0.4) is 0 Å². The van der Waals surface area contributed by atoms with Crippen molar-refractivity contribution in [3.05, 3.63) is 57.0 Å². The number of thiophene rings is 1. The fourth-order valence-electron chi connectivity index (χ4n) is 2.62. The summed E-state index contributed by atoms with van der Waals surface area (Å²) in [6.45, 7) is 3.98. The topological polar surface area (TPSA) is 73.8 Å². The van der Waals surface area contributed by atoms with E-state index in [9.17, 15) is 4.79 Å². The molecule has 0 aliphatic rings. The van der Waals surface area contributed by atoms with Gasteiger partial charge >= 0.3 is 0 Å². The van der Waals surface area contributed by atoms with Gasteiger partial charge in [0.05, 0.1) is 11.1 Å². The lowest BCUT2D eigenvalue weighted by molar-refractivity contribution is 0.528. The van der Waals surface area contributed by atoms with Crippen molar-refractivity contribution in [3.63, 3.8) is 0 Å². The lowest BCUT2D eigenvalue weighted by Gasteiger charge is -2.05. The molecule has 0 aliphatic heterocycles. The highest BCUT2D eigenvalue weighted by Crippen LogP contribution is 2.29. The van der Waals surface area contributed by atoms with Crippen LogP contribution in [-0.2, 0) is 12.8 Å². The van der Waals surface area contributed by atoms with Gasteiger partial charge in [-0.25, -0.2) is 4.98 Å². The average Bonchev–Trinajstić information content (AvgIpc) is 3.23. The molecule has 26 heavy (non-hydrogen) atoms. The van der Waals surface area contributed by atoms with Crippen LogP contribution in [-0.4, -0.2) is 19.7 Å². The second-order valence-corrected chi connectivity index (χ2v) is 8.02. The largest absolute Gasteiger partial charge is 0.420 e. The molecule has 0 atom stereocenters. The van der Waals surface area contributed by atoms with Crippen LogP contribution < -0.4 is 5.56 Å². The number of hydrogen-bond donors (Lipinski definition) is 0. The predicted octanol–water partition coefficient (Wildman–Crippen LogP) is 3.95. The van der Waals surface area contributed by atoms with Crippen LogP contribution in [0.4, 0.5) is 0 Å². The van der Waals surface area contributed by atoms with Crippen LogP contribution in [0.1, 0.15) is 16.3 Å². The first-order valence-electron chi connectivity index (χ1n) is 8.02. The van der Waals surface area contributed by atoms with E-state index in [-0.39, 0.29) is 5.56 Å². The molecule has 3 aromatic heterocycles. The van der Waals surface area contributed by atoms with Crippen molar-refractivity contribution >= 4 is 33.3 Å². The number of aryl methyl sites for hydroxylation is 2. The summed E-state index contributed by atoms with van der Waals surface area (Å²) in [5, 5.41) is 9.53. The van der Waals surface area contributed by atoms with Gasteiger partial charge in [0, 0.05) is 17.5 Å². The van der Waals surface area contributed by atoms with Crippen molar-refractivity contribution in [3.8, 4) is 11.5 Å². The molecule has 0 radical (unpaired) electrons. The average molecular weight is 384 g/mol. The first kappa shape index (κ1) is 17.0. The van der Waals surface area contributed by atoms with Crippen molar-refractivity contribution in [2.75, 3.05) is 0 Å². The minimum Gasteiger partial charge on any atom is -0.420 e. The minimum atomic E-state index is -0.0187. The molecule has 0 fully saturated rings. The Kier molecular flexibility index (Phi) is 4.37. The third kappa shape index (κ3) is 2.95. The molecular weight excluding hydrogens is 368 g/mol. The standard InChI is InChI=1S/C18H16N4O2S2/c1-10-11(2)26-16-14(10)17(23)22(3)18(19-16)25-9-13-20-21-15(24-13)12-7-5-4-6-8-12/h4-8H,9H2,1-3H3. The number of benzene rings is 1. The maximum Gasteiger partial charge on any atom is 0.262 e. The summed E-state index contributed by atoms with van der Waals surface area (Å²) in [5.74, 6) is 1.44. The lowest BCUT2D eigenvalue weighted by atomic mass is 10.2. The van der Waals surface area contributed by atoms with E-state index >= 15 is 0 Å². The predicted molar refractivity (Wildman–Crippen MR) is 104 cm³/mol. The molecule has 0 N–H and O–H groups in total. The van der Waals surface area contributed by atoms with Gasteiger partial charge in [0.2, 0.25) is 11.8 Å². The van der Waals surface area contributed by atoms with Gasteiger partial charge in [-0.05, 0) is 31.5 Å². The van der Waals surface area contributed by atoms with Gasteiger partial charge < -0.3 is 4.42 Å². The number of aromatic nitrogens is 4. The van der Waals surface area contributed by atoms with E-state index in [0.29, 0.717) is 28.1 Å². The van der Waals surface area contributed by atoms with E-state index in [0.717, 1.165) is 20.8 Å². The van der Waals surface area contributed by atoms with Crippen molar-refractivity contribution in [2.45, 2.75) is 24.8 Å². The van der Waals surface area contributed by atoms with E-state index in [1.54, 1.807) is 23.0 Å². The summed E-state index contributed by atoms with van der Waals surface area (Å²) < 4.78 is 7.30. The maximum atomic E-state index is 12.6. The fourth-order valence-corrected chi connectivity index (χ4v) is 4.50. The molecule has 4 rings (SSSR count). The van der Waals surface area contributed by atoms with Gasteiger partial charge in [-0.15, -0.1) is 21.5 Å². The second kappa shape index (κ2) is 6.69.